The first-order valence-electron chi connectivity index (χ1n) is 5.12. The lowest BCUT2D eigenvalue weighted by molar-refractivity contribution is 0.975. The summed E-state index contributed by atoms with van der Waals surface area (Å²) < 4.78 is 0. The molecule has 0 fully saturated rings. The van der Waals surface area contributed by atoms with Gasteiger partial charge in [0.2, 0.25) is 5.43 Å². The van der Waals surface area contributed by atoms with Crippen LogP contribution >= 0.6 is 0 Å². The molecular formula is C12H12N2O2. The lowest BCUT2D eigenvalue weighted by atomic mass is 10.0. The van der Waals surface area contributed by atoms with Gasteiger partial charge in [0.15, 0.2) is 0 Å². The monoisotopic (exact) mass is 216 g/mol. The number of rotatable bonds is 2. The SMILES string of the molecule is CCc1ccccc1-c1cc(=O)c(=O)[nH][nH]1. The first-order valence-corrected chi connectivity index (χ1v) is 5.12. The smallest absolute Gasteiger partial charge is 0.297 e. The van der Waals surface area contributed by atoms with E-state index >= 15 is 0 Å². The van der Waals surface area contributed by atoms with Gasteiger partial charge in [0.1, 0.15) is 0 Å². The van der Waals surface area contributed by atoms with Crippen LogP contribution in [-0.2, 0) is 6.42 Å². The first kappa shape index (κ1) is 10.4. The summed E-state index contributed by atoms with van der Waals surface area (Å²) >= 11 is 0. The quantitative estimate of drug-likeness (QED) is 0.743. The minimum absolute atomic E-state index is 0.528. The molecule has 4 heteroatoms. The van der Waals surface area contributed by atoms with Crippen molar-refractivity contribution in [1.82, 2.24) is 10.2 Å². The van der Waals surface area contributed by atoms with E-state index in [9.17, 15) is 9.59 Å². The van der Waals surface area contributed by atoms with Crippen LogP contribution in [0.15, 0.2) is 39.9 Å². The largest absolute Gasteiger partial charge is 0.310 e. The van der Waals surface area contributed by atoms with E-state index in [1.165, 1.54) is 6.07 Å². The minimum atomic E-state index is -0.627. The van der Waals surface area contributed by atoms with E-state index in [-0.39, 0.29) is 0 Å². The molecule has 1 heterocycles. The van der Waals surface area contributed by atoms with Gasteiger partial charge in [0.05, 0.1) is 5.69 Å². The third-order valence-corrected chi connectivity index (χ3v) is 2.50. The fraction of sp³-hybridized carbons (Fsp3) is 0.167. The maximum atomic E-state index is 11.2. The summed E-state index contributed by atoms with van der Waals surface area (Å²) in [7, 11) is 0. The zero-order valence-electron chi connectivity index (χ0n) is 8.91. The van der Waals surface area contributed by atoms with Crippen LogP contribution in [0.1, 0.15) is 12.5 Å². The Kier molecular flexibility index (Phi) is 2.72. The van der Waals surface area contributed by atoms with E-state index in [0.29, 0.717) is 5.69 Å². The van der Waals surface area contributed by atoms with Gasteiger partial charge in [-0.05, 0) is 12.0 Å². The van der Waals surface area contributed by atoms with Gasteiger partial charge in [0, 0.05) is 11.6 Å². The van der Waals surface area contributed by atoms with Gasteiger partial charge in [-0.15, -0.1) is 0 Å². The van der Waals surface area contributed by atoms with Crippen molar-refractivity contribution in [3.8, 4) is 11.3 Å². The summed E-state index contributed by atoms with van der Waals surface area (Å²) in [6.45, 7) is 2.04. The third kappa shape index (κ3) is 1.82. The molecule has 0 saturated carbocycles. The Labute approximate surface area is 91.9 Å². The van der Waals surface area contributed by atoms with Crippen LogP contribution in [-0.4, -0.2) is 10.2 Å². The maximum Gasteiger partial charge on any atom is 0.310 e. The number of aromatic amines is 2. The molecule has 0 aliphatic rings. The summed E-state index contributed by atoms with van der Waals surface area (Å²) in [4.78, 5) is 22.2. The van der Waals surface area contributed by atoms with Crippen LogP contribution in [0, 0.1) is 0 Å². The van der Waals surface area contributed by atoms with Crippen LogP contribution in [0.3, 0.4) is 0 Å². The van der Waals surface area contributed by atoms with Gasteiger partial charge in [0.25, 0.3) is 0 Å². The van der Waals surface area contributed by atoms with Crippen molar-refractivity contribution in [2.24, 2.45) is 0 Å². The molecule has 2 aromatic rings. The van der Waals surface area contributed by atoms with Gasteiger partial charge in [-0.3, -0.25) is 19.8 Å². The van der Waals surface area contributed by atoms with Crippen LogP contribution in [0.5, 0.6) is 0 Å². The molecular weight excluding hydrogens is 204 g/mol. The second kappa shape index (κ2) is 4.18. The van der Waals surface area contributed by atoms with Crippen molar-refractivity contribution in [1.29, 1.82) is 0 Å². The van der Waals surface area contributed by atoms with Crippen molar-refractivity contribution in [2.45, 2.75) is 13.3 Å². The zero-order chi connectivity index (χ0) is 11.5. The number of aromatic nitrogens is 2. The van der Waals surface area contributed by atoms with E-state index in [1.807, 2.05) is 31.2 Å². The van der Waals surface area contributed by atoms with E-state index in [2.05, 4.69) is 10.2 Å². The van der Waals surface area contributed by atoms with Gasteiger partial charge in [-0.2, -0.15) is 0 Å². The highest BCUT2D eigenvalue weighted by Crippen LogP contribution is 2.19. The molecule has 0 aliphatic heterocycles. The molecule has 0 unspecified atom stereocenters. The summed E-state index contributed by atoms with van der Waals surface area (Å²) in [5, 5.41) is 5.06. The van der Waals surface area contributed by atoms with Crippen LogP contribution < -0.4 is 11.0 Å². The van der Waals surface area contributed by atoms with Crippen molar-refractivity contribution in [2.75, 3.05) is 0 Å². The van der Waals surface area contributed by atoms with Gasteiger partial charge < -0.3 is 0 Å². The molecule has 2 rings (SSSR count). The molecule has 1 aromatic heterocycles. The Hall–Kier alpha value is -2.10. The second-order valence-electron chi connectivity index (χ2n) is 3.51. The molecule has 82 valence electrons. The van der Waals surface area contributed by atoms with Gasteiger partial charge in [-0.1, -0.05) is 31.2 Å². The normalized spacial score (nSPS) is 10.3. The summed E-state index contributed by atoms with van der Waals surface area (Å²) in [5.41, 5.74) is 1.56. The van der Waals surface area contributed by atoms with E-state index in [1.54, 1.807) is 0 Å². The number of H-pyrrole nitrogens is 2. The molecule has 0 amide bonds. The molecule has 4 nitrogen and oxygen atoms in total. The molecule has 1 aromatic carbocycles. The van der Waals surface area contributed by atoms with E-state index < -0.39 is 11.0 Å². The maximum absolute atomic E-state index is 11.2. The van der Waals surface area contributed by atoms with Crippen LogP contribution in [0.4, 0.5) is 0 Å². The standard InChI is InChI=1S/C12H12N2O2/c1-2-8-5-3-4-6-9(8)10-7-11(15)12(16)14-13-10/h3-7H,2H2,1H3,(H,13,15)(H,14,16). The third-order valence-electron chi connectivity index (χ3n) is 2.50. The molecule has 0 aliphatic carbocycles. The molecule has 0 saturated heterocycles. The molecule has 0 radical (unpaired) electrons. The Morgan fingerprint density at radius 1 is 1.12 bits per heavy atom. The highest BCUT2D eigenvalue weighted by atomic mass is 16.2. The van der Waals surface area contributed by atoms with E-state index in [0.717, 1.165) is 17.5 Å². The second-order valence-corrected chi connectivity index (χ2v) is 3.51. The number of benzene rings is 1. The van der Waals surface area contributed by atoms with Crippen LogP contribution in [0.2, 0.25) is 0 Å². The minimum Gasteiger partial charge on any atom is -0.297 e. The zero-order valence-corrected chi connectivity index (χ0v) is 8.91. The highest BCUT2D eigenvalue weighted by Gasteiger charge is 2.04. The Bertz CT molecular complexity index is 611. The Morgan fingerprint density at radius 2 is 1.88 bits per heavy atom. The fourth-order valence-corrected chi connectivity index (χ4v) is 1.65. The predicted octanol–water partition coefficient (Wildman–Crippen LogP) is 1.29. The number of nitrogens with one attached hydrogen (secondary N) is 2. The average Bonchev–Trinajstić information content (AvgIpc) is 2.32. The van der Waals surface area contributed by atoms with Crippen molar-refractivity contribution < 1.29 is 0 Å². The Morgan fingerprint density at radius 3 is 2.56 bits per heavy atom. The number of aryl methyl sites for hydroxylation is 1. The summed E-state index contributed by atoms with van der Waals surface area (Å²) in [5.74, 6) is 0. The Balaban J connectivity index is 2.63. The number of hydrogen-bond donors (Lipinski definition) is 2. The van der Waals surface area contributed by atoms with Crippen molar-refractivity contribution in [3.63, 3.8) is 0 Å². The lowest BCUT2D eigenvalue weighted by Gasteiger charge is -2.06. The topological polar surface area (TPSA) is 65.7 Å². The molecule has 2 N–H and O–H groups in total. The number of hydrogen-bond acceptors (Lipinski definition) is 2. The van der Waals surface area contributed by atoms with Crippen molar-refractivity contribution in [3.05, 3.63) is 56.5 Å². The van der Waals surface area contributed by atoms with Gasteiger partial charge >= 0.3 is 5.56 Å². The summed E-state index contributed by atoms with van der Waals surface area (Å²) in [6.07, 6.45) is 0.872. The average molecular weight is 216 g/mol. The molecule has 0 bridgehead atoms. The van der Waals surface area contributed by atoms with E-state index in [4.69, 9.17) is 0 Å². The lowest BCUT2D eigenvalue weighted by Crippen LogP contribution is -2.27. The fourth-order valence-electron chi connectivity index (χ4n) is 1.65. The van der Waals surface area contributed by atoms with Gasteiger partial charge in [-0.25, -0.2) is 0 Å². The molecule has 0 atom stereocenters. The molecule has 16 heavy (non-hydrogen) atoms. The highest BCUT2D eigenvalue weighted by molar-refractivity contribution is 5.62. The first-order chi connectivity index (χ1) is 7.72. The van der Waals surface area contributed by atoms with Crippen LogP contribution in [0.25, 0.3) is 11.3 Å². The summed E-state index contributed by atoms with van der Waals surface area (Å²) in [6, 6.07) is 9.10. The predicted molar refractivity (Wildman–Crippen MR) is 62.5 cm³/mol. The van der Waals surface area contributed by atoms with Crippen molar-refractivity contribution >= 4 is 0 Å². The molecule has 0 spiro atoms.